The van der Waals surface area contributed by atoms with Crippen LogP contribution in [0.3, 0.4) is 0 Å². The number of anilines is 1. The largest absolute Gasteiger partial charge is 0.324 e. The van der Waals surface area contributed by atoms with Gasteiger partial charge in [-0.05, 0) is 6.92 Å². The molecule has 1 N–H and O–H groups in total. The molecule has 1 aromatic rings. The molecule has 0 saturated carbocycles. The molecule has 3 nitrogen and oxygen atoms in total. The summed E-state index contributed by atoms with van der Waals surface area (Å²) in [6, 6.07) is 0. The lowest BCUT2D eigenvalue weighted by molar-refractivity contribution is -0.123. The van der Waals surface area contributed by atoms with Crippen LogP contribution in [0.5, 0.6) is 0 Å². The monoisotopic (exact) mass is 210 g/mol. The highest BCUT2D eigenvalue weighted by molar-refractivity contribution is 5.94. The number of rotatable bonds is 1. The van der Waals surface area contributed by atoms with Gasteiger partial charge in [-0.2, -0.15) is 0 Å². The number of nitrogens with zero attached hydrogens (tertiary/aromatic N) is 1. The molecule has 0 spiro atoms. The summed E-state index contributed by atoms with van der Waals surface area (Å²) >= 11 is 0. The lowest BCUT2D eigenvalue weighted by Crippen LogP contribution is -2.28. The van der Waals surface area contributed by atoms with E-state index >= 15 is 0 Å². The van der Waals surface area contributed by atoms with Crippen LogP contribution in [0.1, 0.15) is 26.3 Å². The molecular formula is C11H15FN2O. The Morgan fingerprint density at radius 1 is 1.40 bits per heavy atom. The maximum Gasteiger partial charge on any atom is 0.229 e. The van der Waals surface area contributed by atoms with E-state index in [-0.39, 0.29) is 5.91 Å². The molecule has 1 heterocycles. The van der Waals surface area contributed by atoms with E-state index in [1.807, 2.05) is 0 Å². The molecule has 0 radical (unpaired) electrons. The lowest BCUT2D eigenvalue weighted by Gasteiger charge is -2.18. The second kappa shape index (κ2) is 3.96. The number of halogens is 1. The van der Waals surface area contributed by atoms with Crippen molar-refractivity contribution in [2.75, 3.05) is 5.32 Å². The van der Waals surface area contributed by atoms with Crippen LogP contribution < -0.4 is 5.32 Å². The zero-order valence-electron chi connectivity index (χ0n) is 9.39. The Labute approximate surface area is 88.7 Å². The molecule has 0 aliphatic heterocycles. The van der Waals surface area contributed by atoms with Crippen LogP contribution in [0.4, 0.5) is 10.1 Å². The molecule has 0 unspecified atom stereocenters. The van der Waals surface area contributed by atoms with E-state index < -0.39 is 11.2 Å². The topological polar surface area (TPSA) is 42.0 Å². The van der Waals surface area contributed by atoms with Gasteiger partial charge in [-0.1, -0.05) is 20.8 Å². The zero-order chi connectivity index (χ0) is 11.6. The fourth-order valence-corrected chi connectivity index (χ4v) is 0.935. The fourth-order valence-electron chi connectivity index (χ4n) is 0.935. The van der Waals surface area contributed by atoms with Crippen molar-refractivity contribution in [2.24, 2.45) is 5.41 Å². The first kappa shape index (κ1) is 11.6. The van der Waals surface area contributed by atoms with Crippen molar-refractivity contribution in [3.05, 3.63) is 23.8 Å². The number of hydrogen-bond donors (Lipinski definition) is 1. The zero-order valence-corrected chi connectivity index (χ0v) is 9.39. The molecule has 0 aromatic carbocycles. The molecule has 0 atom stereocenters. The van der Waals surface area contributed by atoms with Gasteiger partial charge < -0.3 is 5.32 Å². The Balaban J connectivity index is 2.91. The normalized spacial score (nSPS) is 11.3. The summed E-state index contributed by atoms with van der Waals surface area (Å²) < 4.78 is 13.1. The summed E-state index contributed by atoms with van der Waals surface area (Å²) in [7, 11) is 0. The van der Waals surface area contributed by atoms with E-state index in [1.54, 1.807) is 27.7 Å². The predicted molar refractivity (Wildman–Crippen MR) is 57.0 cm³/mol. The van der Waals surface area contributed by atoms with E-state index in [2.05, 4.69) is 10.3 Å². The summed E-state index contributed by atoms with van der Waals surface area (Å²) in [6.45, 7) is 6.99. The minimum Gasteiger partial charge on any atom is -0.324 e. The van der Waals surface area contributed by atoms with E-state index in [1.165, 1.54) is 6.20 Å². The molecule has 1 rings (SSSR count). The minimum atomic E-state index is -0.501. The standard InChI is InChI=1S/C11H15FN2O/c1-7-8(12)5-13-6-9(7)14-10(15)11(2,3)4/h5-6H,1-4H3,(H,14,15). The Bertz CT molecular complexity index is 383. The summed E-state index contributed by atoms with van der Waals surface area (Å²) in [6.07, 6.45) is 2.57. The summed E-state index contributed by atoms with van der Waals surface area (Å²) in [4.78, 5) is 15.3. The van der Waals surface area contributed by atoms with Crippen LogP contribution in [0.15, 0.2) is 12.4 Å². The molecule has 15 heavy (non-hydrogen) atoms. The third kappa shape index (κ3) is 2.75. The highest BCUT2D eigenvalue weighted by Gasteiger charge is 2.22. The van der Waals surface area contributed by atoms with E-state index in [9.17, 15) is 9.18 Å². The maximum absolute atomic E-state index is 13.1. The van der Waals surface area contributed by atoms with E-state index in [0.717, 1.165) is 6.20 Å². The van der Waals surface area contributed by atoms with Gasteiger partial charge in [-0.25, -0.2) is 4.39 Å². The molecule has 0 saturated heterocycles. The van der Waals surface area contributed by atoms with Crippen LogP contribution in [0.2, 0.25) is 0 Å². The van der Waals surface area contributed by atoms with Crippen LogP contribution in [-0.4, -0.2) is 10.9 Å². The molecule has 0 bridgehead atoms. The number of hydrogen-bond acceptors (Lipinski definition) is 2. The second-order valence-electron chi connectivity index (χ2n) is 4.50. The van der Waals surface area contributed by atoms with E-state index in [4.69, 9.17) is 0 Å². The minimum absolute atomic E-state index is 0.155. The van der Waals surface area contributed by atoms with E-state index in [0.29, 0.717) is 11.3 Å². The molecule has 1 aromatic heterocycles. The van der Waals surface area contributed by atoms with Gasteiger partial charge >= 0.3 is 0 Å². The van der Waals surface area contributed by atoms with Gasteiger partial charge in [0.1, 0.15) is 5.82 Å². The highest BCUT2D eigenvalue weighted by atomic mass is 19.1. The molecule has 0 aliphatic rings. The number of carbonyl (C=O) groups excluding carboxylic acids is 1. The first-order valence-electron chi connectivity index (χ1n) is 4.74. The van der Waals surface area contributed by atoms with Crippen molar-refractivity contribution in [2.45, 2.75) is 27.7 Å². The molecule has 0 fully saturated rings. The van der Waals surface area contributed by atoms with Gasteiger partial charge in [-0.15, -0.1) is 0 Å². The van der Waals surface area contributed by atoms with Gasteiger partial charge in [0.25, 0.3) is 0 Å². The first-order valence-corrected chi connectivity index (χ1v) is 4.74. The maximum atomic E-state index is 13.1. The number of amides is 1. The Morgan fingerprint density at radius 3 is 2.53 bits per heavy atom. The average Bonchev–Trinajstić information content (AvgIpc) is 2.11. The molecule has 4 heteroatoms. The fraction of sp³-hybridized carbons (Fsp3) is 0.455. The van der Waals surface area contributed by atoms with Gasteiger partial charge in [0.2, 0.25) is 5.91 Å². The number of pyridine rings is 1. The molecule has 82 valence electrons. The van der Waals surface area contributed by atoms with Gasteiger partial charge in [0.15, 0.2) is 0 Å². The SMILES string of the molecule is Cc1c(F)cncc1NC(=O)C(C)(C)C. The Hall–Kier alpha value is -1.45. The smallest absolute Gasteiger partial charge is 0.229 e. The molecular weight excluding hydrogens is 195 g/mol. The Morgan fingerprint density at radius 2 is 2.00 bits per heavy atom. The van der Waals surface area contributed by atoms with Crippen LogP contribution >= 0.6 is 0 Å². The quantitative estimate of drug-likeness (QED) is 0.773. The van der Waals surface area contributed by atoms with Crippen molar-refractivity contribution in [1.29, 1.82) is 0 Å². The predicted octanol–water partition coefficient (Wildman–Crippen LogP) is 2.51. The van der Waals surface area contributed by atoms with Gasteiger partial charge in [0, 0.05) is 11.0 Å². The third-order valence-corrected chi connectivity index (χ3v) is 2.08. The summed E-state index contributed by atoms with van der Waals surface area (Å²) in [5.41, 5.74) is 0.330. The molecule has 0 aliphatic carbocycles. The van der Waals surface area contributed by atoms with Crippen molar-refractivity contribution >= 4 is 11.6 Å². The number of nitrogens with one attached hydrogen (secondary N) is 1. The van der Waals surface area contributed by atoms with Crippen molar-refractivity contribution < 1.29 is 9.18 Å². The summed E-state index contributed by atoms with van der Waals surface area (Å²) in [5.74, 6) is -0.570. The van der Waals surface area contributed by atoms with Gasteiger partial charge in [-0.3, -0.25) is 9.78 Å². The van der Waals surface area contributed by atoms with Crippen molar-refractivity contribution in [3.63, 3.8) is 0 Å². The Kier molecular flexibility index (Phi) is 3.07. The van der Waals surface area contributed by atoms with Crippen LogP contribution in [-0.2, 0) is 4.79 Å². The number of aromatic nitrogens is 1. The van der Waals surface area contributed by atoms with Crippen molar-refractivity contribution in [1.82, 2.24) is 4.98 Å². The van der Waals surface area contributed by atoms with Crippen LogP contribution in [0.25, 0.3) is 0 Å². The van der Waals surface area contributed by atoms with Crippen LogP contribution in [0, 0.1) is 18.2 Å². The average molecular weight is 210 g/mol. The third-order valence-electron chi connectivity index (χ3n) is 2.08. The lowest BCUT2D eigenvalue weighted by atomic mass is 9.95. The summed E-state index contributed by atoms with van der Waals surface area (Å²) in [5, 5.41) is 2.65. The van der Waals surface area contributed by atoms with Crippen molar-refractivity contribution in [3.8, 4) is 0 Å². The first-order chi connectivity index (χ1) is 6.82. The highest BCUT2D eigenvalue weighted by Crippen LogP contribution is 2.20. The molecule has 1 amide bonds. The number of carbonyl (C=O) groups is 1. The van der Waals surface area contributed by atoms with Gasteiger partial charge in [0.05, 0.1) is 18.1 Å². The second-order valence-corrected chi connectivity index (χ2v) is 4.50.